The highest BCUT2D eigenvalue weighted by molar-refractivity contribution is 5.88. The second-order valence-electron chi connectivity index (χ2n) is 3.52. The van der Waals surface area contributed by atoms with Crippen molar-refractivity contribution in [1.29, 1.82) is 0 Å². The van der Waals surface area contributed by atoms with Gasteiger partial charge in [-0.2, -0.15) is 5.10 Å². The molecule has 5 nitrogen and oxygen atoms in total. The minimum Gasteiger partial charge on any atom is -0.464 e. The number of aryl methyl sites for hydroxylation is 2. The predicted octanol–water partition coefficient (Wildman–Crippen LogP) is 1.31. The maximum Gasteiger partial charge on any atom is 0.356 e. The van der Waals surface area contributed by atoms with Crippen molar-refractivity contribution in [3.05, 3.63) is 48.0 Å². The van der Waals surface area contributed by atoms with E-state index in [1.54, 1.807) is 12.4 Å². The molecule has 0 atom stereocenters. The van der Waals surface area contributed by atoms with Crippen LogP contribution in [0.1, 0.15) is 16.1 Å². The van der Waals surface area contributed by atoms with Crippen LogP contribution in [0, 0.1) is 0 Å². The van der Waals surface area contributed by atoms with Crippen LogP contribution in [0.5, 0.6) is 0 Å². The summed E-state index contributed by atoms with van der Waals surface area (Å²) >= 11 is 0. The van der Waals surface area contributed by atoms with Gasteiger partial charge in [-0.1, -0.05) is 6.07 Å². The maximum atomic E-state index is 11.5. The Hall–Kier alpha value is -2.17. The Labute approximate surface area is 99.1 Å². The van der Waals surface area contributed by atoms with Gasteiger partial charge >= 0.3 is 5.97 Å². The standard InChI is InChI=1S/C12H13N3O2/c1-17-12(16)11-10(4-2-6-13-11)5-9-15-8-3-7-14-15/h2-4,6-8H,5,9H2,1H3. The monoisotopic (exact) mass is 231 g/mol. The number of carbonyl (C=O) groups excluding carboxylic acids is 1. The summed E-state index contributed by atoms with van der Waals surface area (Å²) in [5, 5.41) is 4.11. The Morgan fingerprint density at radius 2 is 2.29 bits per heavy atom. The van der Waals surface area contributed by atoms with Crippen LogP contribution in [0.2, 0.25) is 0 Å². The second kappa shape index (κ2) is 5.25. The van der Waals surface area contributed by atoms with E-state index in [1.807, 2.05) is 29.1 Å². The van der Waals surface area contributed by atoms with Crippen LogP contribution in [0.15, 0.2) is 36.8 Å². The Balaban J connectivity index is 2.12. The molecule has 0 spiro atoms. The van der Waals surface area contributed by atoms with E-state index in [0.29, 0.717) is 18.7 Å². The topological polar surface area (TPSA) is 57.0 Å². The van der Waals surface area contributed by atoms with Crippen LogP contribution in [0.3, 0.4) is 0 Å². The molecule has 0 bridgehead atoms. The molecule has 0 aromatic carbocycles. The van der Waals surface area contributed by atoms with Gasteiger partial charge in [0, 0.05) is 25.1 Å². The van der Waals surface area contributed by atoms with Gasteiger partial charge < -0.3 is 4.74 Å². The Bertz CT molecular complexity index is 494. The molecule has 17 heavy (non-hydrogen) atoms. The van der Waals surface area contributed by atoms with Crippen LogP contribution in [-0.2, 0) is 17.7 Å². The van der Waals surface area contributed by atoms with Crippen molar-refractivity contribution in [3.8, 4) is 0 Å². The summed E-state index contributed by atoms with van der Waals surface area (Å²) < 4.78 is 6.50. The molecule has 0 amide bonds. The Kier molecular flexibility index (Phi) is 3.49. The SMILES string of the molecule is COC(=O)c1ncccc1CCn1cccn1. The predicted molar refractivity (Wildman–Crippen MR) is 61.5 cm³/mol. The number of aromatic nitrogens is 3. The van der Waals surface area contributed by atoms with Gasteiger partial charge in [-0.05, 0) is 24.1 Å². The quantitative estimate of drug-likeness (QED) is 0.744. The molecule has 0 aliphatic heterocycles. The lowest BCUT2D eigenvalue weighted by atomic mass is 10.1. The fraction of sp³-hybridized carbons (Fsp3) is 0.250. The zero-order valence-electron chi connectivity index (χ0n) is 9.54. The smallest absolute Gasteiger partial charge is 0.356 e. The fourth-order valence-electron chi connectivity index (χ4n) is 1.59. The third kappa shape index (κ3) is 2.69. The molecule has 0 saturated carbocycles. The molecule has 0 aliphatic carbocycles. The van der Waals surface area contributed by atoms with E-state index in [-0.39, 0.29) is 0 Å². The first-order chi connectivity index (χ1) is 8.31. The summed E-state index contributed by atoms with van der Waals surface area (Å²) in [6, 6.07) is 5.55. The lowest BCUT2D eigenvalue weighted by Crippen LogP contribution is -2.10. The zero-order chi connectivity index (χ0) is 12.1. The number of ether oxygens (including phenoxy) is 1. The van der Waals surface area contributed by atoms with Crippen molar-refractivity contribution in [2.75, 3.05) is 7.11 Å². The molecule has 88 valence electrons. The van der Waals surface area contributed by atoms with E-state index in [4.69, 9.17) is 4.74 Å². The molecular weight excluding hydrogens is 218 g/mol. The van der Waals surface area contributed by atoms with E-state index in [1.165, 1.54) is 7.11 Å². The van der Waals surface area contributed by atoms with Crippen molar-refractivity contribution in [2.24, 2.45) is 0 Å². The molecule has 2 rings (SSSR count). The van der Waals surface area contributed by atoms with Gasteiger partial charge in [0.05, 0.1) is 7.11 Å². The third-order valence-corrected chi connectivity index (χ3v) is 2.44. The molecular formula is C12H13N3O2. The van der Waals surface area contributed by atoms with Crippen LogP contribution in [-0.4, -0.2) is 27.8 Å². The molecule has 0 aliphatic rings. The fourth-order valence-corrected chi connectivity index (χ4v) is 1.59. The number of esters is 1. The Morgan fingerprint density at radius 1 is 1.41 bits per heavy atom. The lowest BCUT2D eigenvalue weighted by Gasteiger charge is -2.06. The highest BCUT2D eigenvalue weighted by Crippen LogP contribution is 2.08. The molecule has 0 fully saturated rings. The third-order valence-electron chi connectivity index (χ3n) is 2.44. The molecule has 0 N–H and O–H groups in total. The minimum atomic E-state index is -0.402. The number of rotatable bonds is 4. The molecule has 0 unspecified atom stereocenters. The highest BCUT2D eigenvalue weighted by atomic mass is 16.5. The van der Waals surface area contributed by atoms with E-state index in [9.17, 15) is 4.79 Å². The van der Waals surface area contributed by atoms with E-state index in [0.717, 1.165) is 5.56 Å². The number of hydrogen-bond donors (Lipinski definition) is 0. The summed E-state index contributed by atoms with van der Waals surface area (Å²) in [4.78, 5) is 15.5. The first kappa shape index (κ1) is 11.3. The number of pyridine rings is 1. The van der Waals surface area contributed by atoms with Crippen molar-refractivity contribution >= 4 is 5.97 Å². The van der Waals surface area contributed by atoms with Gasteiger partial charge in [-0.15, -0.1) is 0 Å². The van der Waals surface area contributed by atoms with E-state index < -0.39 is 5.97 Å². The number of hydrogen-bond acceptors (Lipinski definition) is 4. The summed E-state index contributed by atoms with van der Waals surface area (Å²) in [7, 11) is 1.36. The van der Waals surface area contributed by atoms with Crippen molar-refractivity contribution < 1.29 is 9.53 Å². The molecule has 5 heteroatoms. The van der Waals surface area contributed by atoms with Gasteiger partial charge in [0.1, 0.15) is 0 Å². The molecule has 2 aromatic rings. The number of methoxy groups -OCH3 is 1. The zero-order valence-corrected chi connectivity index (χ0v) is 9.54. The van der Waals surface area contributed by atoms with Gasteiger partial charge in [-0.25, -0.2) is 9.78 Å². The average molecular weight is 231 g/mol. The Morgan fingerprint density at radius 3 is 3.00 bits per heavy atom. The van der Waals surface area contributed by atoms with Crippen LogP contribution in [0.4, 0.5) is 0 Å². The van der Waals surface area contributed by atoms with Crippen LogP contribution in [0.25, 0.3) is 0 Å². The van der Waals surface area contributed by atoms with E-state index >= 15 is 0 Å². The normalized spacial score (nSPS) is 10.2. The van der Waals surface area contributed by atoms with Crippen LogP contribution < -0.4 is 0 Å². The van der Waals surface area contributed by atoms with Gasteiger partial charge in [-0.3, -0.25) is 4.68 Å². The van der Waals surface area contributed by atoms with Gasteiger partial charge in [0.25, 0.3) is 0 Å². The van der Waals surface area contributed by atoms with E-state index in [2.05, 4.69) is 10.1 Å². The molecule has 0 radical (unpaired) electrons. The first-order valence-electron chi connectivity index (χ1n) is 5.31. The second-order valence-corrected chi connectivity index (χ2v) is 3.52. The summed E-state index contributed by atoms with van der Waals surface area (Å²) in [5.41, 5.74) is 1.25. The van der Waals surface area contributed by atoms with Crippen LogP contribution >= 0.6 is 0 Å². The molecule has 0 saturated heterocycles. The van der Waals surface area contributed by atoms with Crippen molar-refractivity contribution in [3.63, 3.8) is 0 Å². The van der Waals surface area contributed by atoms with Crippen molar-refractivity contribution in [1.82, 2.24) is 14.8 Å². The largest absolute Gasteiger partial charge is 0.464 e. The first-order valence-corrected chi connectivity index (χ1v) is 5.31. The lowest BCUT2D eigenvalue weighted by molar-refractivity contribution is 0.0592. The maximum absolute atomic E-state index is 11.5. The highest BCUT2D eigenvalue weighted by Gasteiger charge is 2.12. The van der Waals surface area contributed by atoms with Gasteiger partial charge in [0.2, 0.25) is 0 Å². The average Bonchev–Trinajstić information content (AvgIpc) is 2.89. The molecule has 2 heterocycles. The number of nitrogens with zero attached hydrogens (tertiary/aromatic N) is 3. The number of carbonyl (C=O) groups is 1. The summed E-state index contributed by atoms with van der Waals surface area (Å²) in [6.07, 6.45) is 5.89. The summed E-state index contributed by atoms with van der Waals surface area (Å²) in [6.45, 7) is 0.711. The molecule has 2 aromatic heterocycles. The minimum absolute atomic E-state index is 0.377. The summed E-state index contributed by atoms with van der Waals surface area (Å²) in [5.74, 6) is -0.402. The van der Waals surface area contributed by atoms with Crippen molar-refractivity contribution in [2.45, 2.75) is 13.0 Å². The van der Waals surface area contributed by atoms with Gasteiger partial charge in [0.15, 0.2) is 5.69 Å².